The second-order valence-electron chi connectivity index (χ2n) is 5.94. The van der Waals surface area contributed by atoms with E-state index in [2.05, 4.69) is 14.7 Å². The van der Waals surface area contributed by atoms with Gasteiger partial charge < -0.3 is 25.2 Å². The summed E-state index contributed by atoms with van der Waals surface area (Å²) in [5.41, 5.74) is 6.71. The summed E-state index contributed by atoms with van der Waals surface area (Å²) in [6.45, 7) is 5.00. The molecule has 0 spiro atoms. The molecule has 3 rings (SSSR count). The lowest BCUT2D eigenvalue weighted by molar-refractivity contribution is 0.0256. The molecule has 2 heterocycles. The zero-order chi connectivity index (χ0) is 14.8. The summed E-state index contributed by atoms with van der Waals surface area (Å²) in [7, 11) is -0.408. The van der Waals surface area contributed by atoms with Crippen molar-refractivity contribution in [3.63, 3.8) is 0 Å². The maximum atomic E-state index is 9.90. The fourth-order valence-corrected chi connectivity index (χ4v) is 2.90. The maximum Gasteiger partial charge on any atom is 0.376 e. The molecule has 2 aliphatic rings. The predicted octanol–water partition coefficient (Wildman–Crippen LogP) is 0.444. The Morgan fingerprint density at radius 3 is 2.95 bits per heavy atom. The van der Waals surface area contributed by atoms with Crippen molar-refractivity contribution < 1.29 is 9.76 Å². The number of hydrogen-bond donors (Lipinski definition) is 2. The van der Waals surface area contributed by atoms with Crippen LogP contribution in [0.15, 0.2) is 18.3 Å². The molecular weight excluding hydrogens is 267 g/mol. The van der Waals surface area contributed by atoms with E-state index in [4.69, 9.17) is 10.5 Å². The first-order valence-electron chi connectivity index (χ1n) is 7.65. The fourth-order valence-electron chi connectivity index (χ4n) is 2.90. The molecular formula is C14H23BN4O2. The molecule has 1 saturated carbocycles. The van der Waals surface area contributed by atoms with E-state index in [0.29, 0.717) is 18.5 Å². The van der Waals surface area contributed by atoms with Gasteiger partial charge in [0.2, 0.25) is 0 Å². The predicted molar refractivity (Wildman–Crippen MR) is 84.2 cm³/mol. The Balaban J connectivity index is 1.61. The Kier molecular flexibility index (Phi) is 4.33. The normalized spacial score (nSPS) is 22.6. The van der Waals surface area contributed by atoms with Crippen LogP contribution in [-0.4, -0.2) is 60.3 Å². The third-order valence-corrected chi connectivity index (χ3v) is 4.18. The Hall–Kier alpha value is -1.31. The zero-order valence-corrected chi connectivity index (χ0v) is 12.5. The van der Waals surface area contributed by atoms with Crippen molar-refractivity contribution in [3.8, 4) is 0 Å². The van der Waals surface area contributed by atoms with Crippen molar-refractivity contribution in [2.45, 2.75) is 31.8 Å². The Labute approximate surface area is 126 Å². The van der Waals surface area contributed by atoms with Gasteiger partial charge in [-0.1, -0.05) is 0 Å². The first-order chi connectivity index (χ1) is 10.1. The van der Waals surface area contributed by atoms with Crippen LogP contribution >= 0.6 is 0 Å². The van der Waals surface area contributed by atoms with Crippen LogP contribution in [0.25, 0.3) is 0 Å². The molecule has 0 bridgehead atoms. The van der Waals surface area contributed by atoms with Gasteiger partial charge in [0.15, 0.2) is 0 Å². The van der Waals surface area contributed by atoms with Crippen LogP contribution in [0.4, 0.5) is 11.5 Å². The first kappa shape index (κ1) is 14.6. The van der Waals surface area contributed by atoms with Crippen molar-refractivity contribution >= 4 is 18.6 Å². The van der Waals surface area contributed by atoms with Gasteiger partial charge in [0.25, 0.3) is 0 Å². The van der Waals surface area contributed by atoms with E-state index in [1.54, 1.807) is 0 Å². The lowest BCUT2D eigenvalue weighted by atomic mass is 9.84. The molecule has 1 aliphatic heterocycles. The molecule has 1 atom stereocenters. The highest BCUT2D eigenvalue weighted by Crippen LogP contribution is 2.28. The summed E-state index contributed by atoms with van der Waals surface area (Å²) >= 11 is 0. The minimum atomic E-state index is -0.408. The van der Waals surface area contributed by atoms with Crippen LogP contribution in [0.5, 0.6) is 0 Å². The van der Waals surface area contributed by atoms with E-state index in [1.165, 1.54) is 12.8 Å². The molecule has 0 amide bonds. The van der Waals surface area contributed by atoms with E-state index in [0.717, 1.165) is 25.3 Å². The van der Waals surface area contributed by atoms with E-state index in [-0.39, 0.29) is 6.10 Å². The Morgan fingerprint density at radius 2 is 2.33 bits per heavy atom. The maximum absolute atomic E-state index is 9.90. The number of nitrogens with zero attached hydrogens (tertiary/aromatic N) is 3. The van der Waals surface area contributed by atoms with Crippen LogP contribution in [0.1, 0.15) is 12.8 Å². The van der Waals surface area contributed by atoms with E-state index in [9.17, 15) is 5.02 Å². The van der Waals surface area contributed by atoms with Crippen LogP contribution in [0.3, 0.4) is 0 Å². The summed E-state index contributed by atoms with van der Waals surface area (Å²) < 4.78 is 5.87. The third kappa shape index (κ3) is 3.67. The summed E-state index contributed by atoms with van der Waals surface area (Å²) in [6, 6.07) is 4.35. The monoisotopic (exact) mass is 290 g/mol. The van der Waals surface area contributed by atoms with Crippen LogP contribution < -0.4 is 10.6 Å². The SMILES string of the molecule is CB(O)N(C[C@@H]1CN(c2ccc(N)nc2)CCO1)C1CC1. The Bertz CT molecular complexity index is 465. The van der Waals surface area contributed by atoms with E-state index < -0.39 is 7.05 Å². The number of nitrogens with two attached hydrogens (primary N) is 1. The minimum Gasteiger partial charge on any atom is -0.437 e. The standard InChI is InChI=1S/C14H23BN4O2/c1-15(20)19(11-2-3-11)10-13-9-18(6-7-21-13)12-4-5-14(16)17-8-12/h4-5,8,11,13,20H,2-3,6-7,9-10H2,1H3,(H2,16,17)/t13-/m0/s1. The number of pyridine rings is 1. The molecule has 1 aliphatic carbocycles. The molecule has 1 aromatic heterocycles. The topological polar surface area (TPSA) is 74.9 Å². The first-order valence-corrected chi connectivity index (χ1v) is 7.65. The number of aromatic nitrogens is 1. The average molecular weight is 290 g/mol. The quantitative estimate of drug-likeness (QED) is 0.767. The van der Waals surface area contributed by atoms with Crippen LogP contribution in [-0.2, 0) is 4.74 Å². The molecule has 6 nitrogen and oxygen atoms in total. The molecule has 3 N–H and O–H groups in total. The average Bonchev–Trinajstić information content (AvgIpc) is 3.30. The fraction of sp³-hybridized carbons (Fsp3) is 0.643. The van der Waals surface area contributed by atoms with Gasteiger partial charge in [-0.05, 0) is 31.8 Å². The molecule has 21 heavy (non-hydrogen) atoms. The van der Waals surface area contributed by atoms with Gasteiger partial charge >= 0.3 is 7.05 Å². The number of anilines is 2. The number of ether oxygens (including phenoxy) is 1. The Morgan fingerprint density at radius 1 is 1.52 bits per heavy atom. The van der Waals surface area contributed by atoms with Gasteiger partial charge in [-0.3, -0.25) is 0 Å². The highest BCUT2D eigenvalue weighted by atomic mass is 16.5. The van der Waals surface area contributed by atoms with Crippen LogP contribution in [0, 0.1) is 0 Å². The van der Waals surface area contributed by atoms with E-state index in [1.807, 2.05) is 25.2 Å². The lowest BCUT2D eigenvalue weighted by Gasteiger charge is -2.37. The molecule has 1 saturated heterocycles. The van der Waals surface area contributed by atoms with Gasteiger partial charge in [-0.2, -0.15) is 0 Å². The highest BCUT2D eigenvalue weighted by Gasteiger charge is 2.36. The number of nitrogen functional groups attached to an aromatic ring is 1. The second kappa shape index (κ2) is 6.21. The van der Waals surface area contributed by atoms with E-state index >= 15 is 0 Å². The number of rotatable bonds is 5. The molecule has 1 aromatic rings. The van der Waals surface area contributed by atoms with Crippen molar-refractivity contribution in [2.75, 3.05) is 36.9 Å². The molecule has 0 unspecified atom stereocenters. The van der Waals surface area contributed by atoms with Gasteiger partial charge in [0, 0.05) is 25.7 Å². The largest absolute Gasteiger partial charge is 0.437 e. The molecule has 0 radical (unpaired) electrons. The van der Waals surface area contributed by atoms with Gasteiger partial charge in [0.1, 0.15) is 5.82 Å². The smallest absolute Gasteiger partial charge is 0.376 e. The van der Waals surface area contributed by atoms with Gasteiger partial charge in [0.05, 0.1) is 24.6 Å². The summed E-state index contributed by atoms with van der Waals surface area (Å²) in [4.78, 5) is 8.57. The second-order valence-corrected chi connectivity index (χ2v) is 5.94. The highest BCUT2D eigenvalue weighted by molar-refractivity contribution is 6.45. The summed E-state index contributed by atoms with van der Waals surface area (Å²) in [5, 5.41) is 9.90. The van der Waals surface area contributed by atoms with Crippen molar-refractivity contribution in [1.29, 1.82) is 0 Å². The molecule has 114 valence electrons. The van der Waals surface area contributed by atoms with Gasteiger partial charge in [-0.15, -0.1) is 0 Å². The third-order valence-electron chi connectivity index (χ3n) is 4.18. The summed E-state index contributed by atoms with van der Waals surface area (Å²) in [6.07, 6.45) is 4.30. The lowest BCUT2D eigenvalue weighted by Crippen LogP contribution is -2.51. The molecule has 2 fully saturated rings. The van der Waals surface area contributed by atoms with Crippen molar-refractivity contribution in [1.82, 2.24) is 9.79 Å². The van der Waals surface area contributed by atoms with Crippen LogP contribution in [0.2, 0.25) is 6.82 Å². The number of morpholine rings is 1. The van der Waals surface area contributed by atoms with Crippen molar-refractivity contribution in [3.05, 3.63) is 18.3 Å². The number of hydrogen-bond acceptors (Lipinski definition) is 6. The minimum absolute atomic E-state index is 0.117. The molecule has 7 heteroatoms. The zero-order valence-electron chi connectivity index (χ0n) is 12.5. The molecule has 0 aromatic carbocycles. The summed E-state index contributed by atoms with van der Waals surface area (Å²) in [5.74, 6) is 0.539. The van der Waals surface area contributed by atoms with Gasteiger partial charge in [-0.25, -0.2) is 4.98 Å². The van der Waals surface area contributed by atoms with Crippen molar-refractivity contribution in [2.24, 2.45) is 0 Å².